The molecule has 0 spiro atoms. The molecule has 3 nitrogen and oxygen atoms in total. The first-order chi connectivity index (χ1) is 8.38. The van der Waals surface area contributed by atoms with Gasteiger partial charge >= 0.3 is 0 Å². The van der Waals surface area contributed by atoms with Crippen LogP contribution in [0.2, 0.25) is 0 Å². The summed E-state index contributed by atoms with van der Waals surface area (Å²) in [4.78, 5) is 0. The van der Waals surface area contributed by atoms with Crippen molar-refractivity contribution in [2.45, 2.75) is 45.6 Å². The van der Waals surface area contributed by atoms with Crippen LogP contribution in [0.25, 0.3) is 0 Å². The lowest BCUT2D eigenvalue weighted by Crippen LogP contribution is -2.27. The molecule has 0 radical (unpaired) electrons. The summed E-state index contributed by atoms with van der Waals surface area (Å²) in [6.07, 6.45) is 0.401. The van der Waals surface area contributed by atoms with Crippen LogP contribution in [0.15, 0.2) is 18.2 Å². The van der Waals surface area contributed by atoms with Crippen LogP contribution in [0, 0.1) is 0 Å². The van der Waals surface area contributed by atoms with Crippen molar-refractivity contribution < 1.29 is 9.84 Å². The summed E-state index contributed by atoms with van der Waals surface area (Å²) in [5.41, 5.74) is 7.87. The van der Waals surface area contributed by atoms with E-state index >= 15 is 0 Å². The molecule has 0 fully saturated rings. The largest absolute Gasteiger partial charge is 0.491 e. The van der Waals surface area contributed by atoms with Crippen LogP contribution in [0.4, 0.5) is 0 Å². The first-order valence-electron chi connectivity index (χ1n) is 6.52. The van der Waals surface area contributed by atoms with Gasteiger partial charge in [0.05, 0.1) is 0 Å². The van der Waals surface area contributed by atoms with Gasteiger partial charge in [-0.1, -0.05) is 39.8 Å². The molecule has 0 bridgehead atoms. The molecule has 0 aromatic heterocycles. The molecule has 0 saturated heterocycles. The lowest BCUT2D eigenvalue weighted by atomic mass is 9.85. The van der Waals surface area contributed by atoms with Gasteiger partial charge in [0.15, 0.2) is 0 Å². The highest BCUT2D eigenvalue weighted by atomic mass is 16.5. The molecule has 0 heterocycles. The Morgan fingerprint density at radius 1 is 1.33 bits per heavy atom. The third-order valence-corrected chi connectivity index (χ3v) is 2.96. The van der Waals surface area contributed by atoms with Gasteiger partial charge in [-0.05, 0) is 29.0 Å². The van der Waals surface area contributed by atoms with Gasteiger partial charge in [-0.25, -0.2) is 0 Å². The van der Waals surface area contributed by atoms with Crippen LogP contribution >= 0.6 is 0 Å². The van der Waals surface area contributed by atoms with Crippen LogP contribution in [-0.2, 0) is 11.8 Å². The Morgan fingerprint density at radius 3 is 2.50 bits per heavy atom. The van der Waals surface area contributed by atoms with Gasteiger partial charge in [-0.15, -0.1) is 0 Å². The quantitative estimate of drug-likeness (QED) is 0.844. The molecular weight excluding hydrogens is 226 g/mol. The first-order valence-corrected chi connectivity index (χ1v) is 6.52. The average molecular weight is 251 g/mol. The molecule has 0 unspecified atom stereocenters. The fraction of sp³-hybridized carbons (Fsp3) is 0.600. The Morgan fingerprint density at radius 2 is 2.00 bits per heavy atom. The fourth-order valence-corrected chi connectivity index (χ4v) is 1.76. The van der Waals surface area contributed by atoms with Crippen LogP contribution in [0.1, 0.15) is 38.8 Å². The van der Waals surface area contributed by atoms with Gasteiger partial charge < -0.3 is 15.6 Å². The molecule has 1 atom stereocenters. The number of nitrogens with two attached hydrogens (primary N) is 1. The molecule has 102 valence electrons. The van der Waals surface area contributed by atoms with Crippen LogP contribution in [-0.4, -0.2) is 24.4 Å². The normalized spacial score (nSPS) is 13.4. The number of benzene rings is 1. The molecular formula is C15H25NO2. The lowest BCUT2D eigenvalue weighted by molar-refractivity contribution is 0.113. The lowest BCUT2D eigenvalue weighted by Gasteiger charge is -2.24. The highest BCUT2D eigenvalue weighted by molar-refractivity contribution is 5.41. The van der Waals surface area contributed by atoms with Crippen molar-refractivity contribution in [3.63, 3.8) is 0 Å². The SMILES string of the molecule is CCc1ccc(OC[C@@H](O)CN)c(C(C)(C)C)c1. The molecule has 1 rings (SSSR count). The zero-order valence-electron chi connectivity index (χ0n) is 11.9. The minimum Gasteiger partial charge on any atom is -0.491 e. The summed E-state index contributed by atoms with van der Waals surface area (Å²) in [7, 11) is 0. The van der Waals surface area contributed by atoms with Crippen LogP contribution < -0.4 is 10.5 Å². The van der Waals surface area contributed by atoms with Gasteiger partial charge in [0.25, 0.3) is 0 Å². The topological polar surface area (TPSA) is 55.5 Å². The van der Waals surface area contributed by atoms with Crippen molar-refractivity contribution >= 4 is 0 Å². The van der Waals surface area contributed by atoms with Gasteiger partial charge in [0.1, 0.15) is 18.5 Å². The van der Waals surface area contributed by atoms with E-state index in [1.165, 1.54) is 11.1 Å². The number of aliphatic hydroxyl groups is 1. The molecule has 3 heteroatoms. The minimum atomic E-state index is -0.608. The second-order valence-electron chi connectivity index (χ2n) is 5.63. The zero-order chi connectivity index (χ0) is 13.8. The van der Waals surface area contributed by atoms with Gasteiger partial charge in [-0.2, -0.15) is 0 Å². The number of aryl methyl sites for hydroxylation is 1. The van der Waals surface area contributed by atoms with Gasteiger partial charge in [0.2, 0.25) is 0 Å². The van der Waals surface area contributed by atoms with Crippen molar-refractivity contribution in [2.75, 3.05) is 13.2 Å². The molecule has 0 aliphatic heterocycles. The standard InChI is InChI=1S/C15H25NO2/c1-5-11-6-7-14(18-10-12(17)9-16)13(8-11)15(2,3)4/h6-8,12,17H,5,9-10,16H2,1-4H3/t12-/m0/s1. The van der Waals surface area contributed by atoms with Crippen LogP contribution in [0.5, 0.6) is 5.75 Å². The Labute approximate surface area is 110 Å². The smallest absolute Gasteiger partial charge is 0.123 e. The summed E-state index contributed by atoms with van der Waals surface area (Å²) in [6, 6.07) is 6.24. The number of hydrogen-bond donors (Lipinski definition) is 2. The summed E-state index contributed by atoms with van der Waals surface area (Å²) in [5.74, 6) is 0.840. The van der Waals surface area contributed by atoms with E-state index < -0.39 is 6.10 Å². The van der Waals surface area contributed by atoms with Crippen LogP contribution in [0.3, 0.4) is 0 Å². The molecule has 1 aromatic rings. The van der Waals surface area contributed by atoms with Crippen molar-refractivity contribution in [3.05, 3.63) is 29.3 Å². The Balaban J connectivity index is 2.96. The van der Waals surface area contributed by atoms with E-state index in [2.05, 4.69) is 39.8 Å². The van der Waals surface area contributed by atoms with E-state index in [1.54, 1.807) is 0 Å². The van der Waals surface area contributed by atoms with Gasteiger partial charge in [0, 0.05) is 6.54 Å². The minimum absolute atomic E-state index is 0.0220. The molecule has 0 saturated carbocycles. The van der Waals surface area contributed by atoms with E-state index in [0.29, 0.717) is 0 Å². The summed E-state index contributed by atoms with van der Waals surface area (Å²) >= 11 is 0. The second-order valence-corrected chi connectivity index (χ2v) is 5.63. The Bertz CT molecular complexity index is 383. The van der Waals surface area contributed by atoms with E-state index in [1.807, 2.05) is 6.07 Å². The number of aliphatic hydroxyl groups excluding tert-OH is 1. The zero-order valence-corrected chi connectivity index (χ0v) is 11.9. The van der Waals surface area contributed by atoms with Gasteiger partial charge in [-0.3, -0.25) is 0 Å². The maximum absolute atomic E-state index is 9.46. The van der Waals surface area contributed by atoms with E-state index in [-0.39, 0.29) is 18.6 Å². The molecule has 0 aliphatic carbocycles. The molecule has 18 heavy (non-hydrogen) atoms. The Hall–Kier alpha value is -1.06. The predicted molar refractivity (Wildman–Crippen MR) is 75.1 cm³/mol. The average Bonchev–Trinajstić information content (AvgIpc) is 2.34. The summed E-state index contributed by atoms with van der Waals surface area (Å²) < 4.78 is 5.69. The van der Waals surface area contributed by atoms with E-state index in [4.69, 9.17) is 10.5 Å². The first kappa shape index (κ1) is 15.0. The molecule has 0 amide bonds. The number of hydrogen-bond acceptors (Lipinski definition) is 3. The van der Waals surface area contributed by atoms with Crippen molar-refractivity contribution in [1.82, 2.24) is 0 Å². The summed E-state index contributed by atoms with van der Waals surface area (Å²) in [5, 5.41) is 9.46. The number of ether oxygens (including phenoxy) is 1. The van der Waals surface area contributed by atoms with E-state index in [0.717, 1.165) is 12.2 Å². The van der Waals surface area contributed by atoms with Crippen molar-refractivity contribution in [2.24, 2.45) is 5.73 Å². The molecule has 3 N–H and O–H groups in total. The monoisotopic (exact) mass is 251 g/mol. The Kier molecular flexibility index (Phi) is 5.17. The number of rotatable bonds is 5. The van der Waals surface area contributed by atoms with E-state index in [9.17, 15) is 5.11 Å². The second kappa shape index (κ2) is 6.21. The maximum atomic E-state index is 9.46. The highest BCUT2D eigenvalue weighted by Gasteiger charge is 2.19. The summed E-state index contributed by atoms with van der Waals surface area (Å²) in [6.45, 7) is 9.08. The third-order valence-electron chi connectivity index (χ3n) is 2.96. The van der Waals surface area contributed by atoms with Crippen molar-refractivity contribution in [1.29, 1.82) is 0 Å². The fourth-order valence-electron chi connectivity index (χ4n) is 1.76. The third kappa shape index (κ3) is 4.00. The van der Waals surface area contributed by atoms with Crippen molar-refractivity contribution in [3.8, 4) is 5.75 Å². The predicted octanol–water partition coefficient (Wildman–Crippen LogP) is 2.24. The molecule has 0 aliphatic rings. The highest BCUT2D eigenvalue weighted by Crippen LogP contribution is 2.32. The molecule has 1 aromatic carbocycles. The maximum Gasteiger partial charge on any atom is 0.123 e.